The average Bonchev–Trinajstić information content (AvgIpc) is 3.27. The van der Waals surface area contributed by atoms with E-state index in [4.69, 9.17) is 10.1 Å². The molecule has 9 heteroatoms. The van der Waals surface area contributed by atoms with Crippen molar-refractivity contribution in [2.45, 2.75) is 33.2 Å². The molecule has 4 aromatic rings. The molecule has 0 spiro atoms. The minimum Gasteiger partial charge on any atom is -0.364 e. The Kier molecular flexibility index (Phi) is 6.07. The van der Waals surface area contributed by atoms with Crippen LogP contribution in [0.3, 0.4) is 0 Å². The Hall–Kier alpha value is -3.46. The predicted octanol–water partition coefficient (Wildman–Crippen LogP) is 5.19. The van der Waals surface area contributed by atoms with Gasteiger partial charge in [0, 0.05) is 23.8 Å². The number of hydrogen-bond acceptors (Lipinski definition) is 6. The number of hydrogen-bond donors (Lipinski definition) is 2. The van der Waals surface area contributed by atoms with E-state index in [2.05, 4.69) is 62.6 Å². The molecule has 2 aromatic carbocycles. The third-order valence-electron chi connectivity index (χ3n) is 4.83. The van der Waals surface area contributed by atoms with Crippen LogP contribution in [-0.2, 0) is 4.79 Å². The summed E-state index contributed by atoms with van der Waals surface area (Å²) in [5.41, 5.74) is 3.25. The van der Waals surface area contributed by atoms with Crippen LogP contribution in [0.1, 0.15) is 26.3 Å². The Morgan fingerprint density at radius 2 is 1.91 bits per heavy atom. The van der Waals surface area contributed by atoms with Gasteiger partial charge in [0.1, 0.15) is 11.5 Å². The molecule has 2 aromatic heterocycles. The summed E-state index contributed by atoms with van der Waals surface area (Å²) in [4.78, 5) is 19.8. The molecule has 0 saturated heterocycles. The number of aryl methyl sites for hydroxylation is 1. The second-order valence-electron chi connectivity index (χ2n) is 9.04. The summed E-state index contributed by atoms with van der Waals surface area (Å²) in [7, 11) is 1.79. The highest BCUT2D eigenvalue weighted by atomic mass is 32.1. The van der Waals surface area contributed by atoms with Gasteiger partial charge >= 0.3 is 0 Å². The molecule has 2 heterocycles. The van der Waals surface area contributed by atoms with Crippen LogP contribution in [0.4, 0.5) is 21.0 Å². The van der Waals surface area contributed by atoms with E-state index >= 15 is 0 Å². The zero-order valence-electron chi connectivity index (χ0n) is 19.3. The maximum atomic E-state index is 13.4. The number of carbonyl (C=O) groups is 1. The van der Waals surface area contributed by atoms with Crippen LogP contribution in [0, 0.1) is 12.7 Å². The van der Waals surface area contributed by atoms with E-state index in [1.807, 2.05) is 0 Å². The summed E-state index contributed by atoms with van der Waals surface area (Å²) >= 11 is 1.40. The number of anilines is 3. The SMILES string of the molecule is Cc1ccc(-c2nc3sc(N(C)CC(=O)Nc4cccc(F)c4)nn3c2NC(C)(C)C)cc1. The third kappa shape index (κ3) is 5.31. The van der Waals surface area contributed by atoms with Gasteiger partial charge in [-0.2, -0.15) is 4.52 Å². The summed E-state index contributed by atoms with van der Waals surface area (Å²) in [6, 6.07) is 14.1. The monoisotopic (exact) mass is 466 g/mol. The van der Waals surface area contributed by atoms with E-state index < -0.39 is 5.82 Å². The van der Waals surface area contributed by atoms with Gasteiger partial charge in [0.05, 0.1) is 6.54 Å². The number of aromatic nitrogens is 3. The van der Waals surface area contributed by atoms with Crippen molar-refractivity contribution in [2.24, 2.45) is 0 Å². The quantitative estimate of drug-likeness (QED) is 0.409. The van der Waals surface area contributed by atoms with Crippen molar-refractivity contribution < 1.29 is 9.18 Å². The highest BCUT2D eigenvalue weighted by molar-refractivity contribution is 7.20. The van der Waals surface area contributed by atoms with Crippen LogP contribution in [0.25, 0.3) is 16.2 Å². The van der Waals surface area contributed by atoms with E-state index in [0.29, 0.717) is 10.8 Å². The smallest absolute Gasteiger partial charge is 0.243 e. The molecule has 0 bridgehead atoms. The number of imidazole rings is 1. The average molecular weight is 467 g/mol. The first-order chi connectivity index (χ1) is 15.6. The van der Waals surface area contributed by atoms with Gasteiger partial charge in [0.2, 0.25) is 16.0 Å². The molecule has 2 N–H and O–H groups in total. The molecular formula is C24H27FN6OS. The molecule has 1 amide bonds. The maximum absolute atomic E-state index is 13.4. The van der Waals surface area contributed by atoms with Gasteiger partial charge in [-0.05, 0) is 45.9 Å². The zero-order valence-corrected chi connectivity index (χ0v) is 20.1. The number of fused-ring (bicyclic) bond motifs is 1. The topological polar surface area (TPSA) is 74.6 Å². The van der Waals surface area contributed by atoms with Crippen molar-refractivity contribution in [3.63, 3.8) is 0 Å². The summed E-state index contributed by atoms with van der Waals surface area (Å²) in [5, 5.41) is 11.6. The molecule has 0 saturated carbocycles. The number of rotatable bonds is 6. The summed E-state index contributed by atoms with van der Waals surface area (Å²) in [5.74, 6) is 0.149. The first-order valence-corrected chi connectivity index (χ1v) is 11.4. The van der Waals surface area contributed by atoms with Gasteiger partial charge in [-0.1, -0.05) is 47.2 Å². The number of carbonyl (C=O) groups excluding carboxylic acids is 1. The Bertz CT molecular complexity index is 1290. The highest BCUT2D eigenvalue weighted by Crippen LogP contribution is 2.34. The predicted molar refractivity (Wildman–Crippen MR) is 133 cm³/mol. The minimum atomic E-state index is -0.398. The molecule has 172 valence electrons. The molecule has 7 nitrogen and oxygen atoms in total. The van der Waals surface area contributed by atoms with Crippen LogP contribution in [-0.4, -0.2) is 39.6 Å². The van der Waals surface area contributed by atoms with Crippen LogP contribution >= 0.6 is 11.3 Å². The van der Waals surface area contributed by atoms with Crippen LogP contribution < -0.4 is 15.5 Å². The Morgan fingerprint density at radius 3 is 2.58 bits per heavy atom. The summed E-state index contributed by atoms with van der Waals surface area (Å²) in [6.07, 6.45) is 0. The normalized spacial score (nSPS) is 11.6. The van der Waals surface area contributed by atoms with Crippen LogP contribution in [0.15, 0.2) is 48.5 Å². The van der Waals surface area contributed by atoms with E-state index in [-0.39, 0.29) is 18.0 Å². The molecule has 0 unspecified atom stereocenters. The molecule has 33 heavy (non-hydrogen) atoms. The van der Waals surface area contributed by atoms with Gasteiger partial charge < -0.3 is 15.5 Å². The lowest BCUT2D eigenvalue weighted by Crippen LogP contribution is -2.30. The molecule has 0 aliphatic rings. The minimum absolute atomic E-state index is 0.0695. The molecule has 4 rings (SSSR count). The Labute approximate surface area is 196 Å². The molecule has 0 aliphatic heterocycles. The second kappa shape index (κ2) is 8.82. The lowest BCUT2D eigenvalue weighted by atomic mass is 10.1. The fourth-order valence-corrected chi connectivity index (χ4v) is 4.18. The Balaban J connectivity index is 1.60. The number of nitrogens with zero attached hydrogens (tertiary/aromatic N) is 4. The molecular weight excluding hydrogens is 439 g/mol. The number of likely N-dealkylation sites (N-methyl/N-ethyl adjacent to an activating group) is 1. The largest absolute Gasteiger partial charge is 0.364 e. The molecule has 0 aliphatic carbocycles. The van der Waals surface area contributed by atoms with Gasteiger partial charge in [0.25, 0.3) is 0 Å². The van der Waals surface area contributed by atoms with Crippen molar-refractivity contribution in [1.29, 1.82) is 0 Å². The van der Waals surface area contributed by atoms with Gasteiger partial charge in [-0.25, -0.2) is 9.37 Å². The molecule has 0 radical (unpaired) electrons. The van der Waals surface area contributed by atoms with Crippen LogP contribution in [0.5, 0.6) is 0 Å². The van der Waals surface area contributed by atoms with Crippen LogP contribution in [0.2, 0.25) is 0 Å². The number of benzene rings is 2. The number of nitrogens with one attached hydrogen (secondary N) is 2. The fraction of sp³-hybridized carbons (Fsp3) is 0.292. The lowest BCUT2D eigenvalue weighted by Gasteiger charge is -2.22. The van der Waals surface area contributed by atoms with Crippen molar-refractivity contribution in [3.8, 4) is 11.3 Å². The van der Waals surface area contributed by atoms with Gasteiger partial charge in [-0.15, -0.1) is 5.10 Å². The third-order valence-corrected chi connectivity index (χ3v) is 5.85. The first kappa shape index (κ1) is 22.7. The van der Waals surface area contributed by atoms with Crippen molar-refractivity contribution in [1.82, 2.24) is 14.6 Å². The number of halogens is 1. The Morgan fingerprint density at radius 1 is 1.18 bits per heavy atom. The zero-order chi connectivity index (χ0) is 23.8. The van der Waals surface area contributed by atoms with Crippen molar-refractivity contribution in [2.75, 3.05) is 29.1 Å². The van der Waals surface area contributed by atoms with E-state index in [0.717, 1.165) is 22.0 Å². The first-order valence-electron chi connectivity index (χ1n) is 10.6. The van der Waals surface area contributed by atoms with Crippen molar-refractivity contribution in [3.05, 3.63) is 59.9 Å². The summed E-state index contributed by atoms with van der Waals surface area (Å²) in [6.45, 7) is 8.38. The van der Waals surface area contributed by atoms with Gasteiger partial charge in [0.15, 0.2) is 5.82 Å². The molecule has 0 atom stereocenters. The van der Waals surface area contributed by atoms with E-state index in [1.54, 1.807) is 28.6 Å². The number of amides is 1. The highest BCUT2D eigenvalue weighted by Gasteiger charge is 2.23. The van der Waals surface area contributed by atoms with Crippen molar-refractivity contribution >= 4 is 38.8 Å². The van der Waals surface area contributed by atoms with E-state index in [1.165, 1.54) is 29.0 Å². The van der Waals surface area contributed by atoms with Gasteiger partial charge in [-0.3, -0.25) is 4.79 Å². The van der Waals surface area contributed by atoms with E-state index in [9.17, 15) is 9.18 Å². The standard InChI is InChI=1S/C24H27FN6OS/c1-15-9-11-16(12-10-15)20-21(28-24(2,3)4)31-22(27-20)33-23(29-31)30(5)14-19(32)26-18-8-6-7-17(25)13-18/h6-13,28H,14H2,1-5H3,(H,26,32). The fourth-order valence-electron chi connectivity index (χ4n) is 3.32. The second-order valence-corrected chi connectivity index (χ2v) is 9.98. The molecule has 0 fully saturated rings. The lowest BCUT2D eigenvalue weighted by molar-refractivity contribution is -0.114. The summed E-state index contributed by atoms with van der Waals surface area (Å²) < 4.78 is 15.2. The maximum Gasteiger partial charge on any atom is 0.243 e.